The largest absolute Gasteiger partial charge is 0.481 e. The van der Waals surface area contributed by atoms with Crippen LogP contribution in [-0.4, -0.2) is 34.1 Å². The fourth-order valence-electron chi connectivity index (χ4n) is 3.38. The van der Waals surface area contributed by atoms with Gasteiger partial charge in [0.25, 0.3) is 5.91 Å². The first-order chi connectivity index (χ1) is 14.2. The van der Waals surface area contributed by atoms with Crippen molar-refractivity contribution in [2.24, 2.45) is 5.92 Å². The number of fused-ring (bicyclic) bond motifs is 1. The number of carbonyl (C=O) groups excluding carboxylic acids is 1. The number of aromatic nitrogens is 1. The number of aliphatic carboxylic acids is 1. The van der Waals surface area contributed by atoms with Crippen LogP contribution in [0.3, 0.4) is 0 Å². The van der Waals surface area contributed by atoms with E-state index >= 15 is 0 Å². The third-order valence-corrected chi connectivity index (χ3v) is 5.37. The summed E-state index contributed by atoms with van der Waals surface area (Å²) in [5.74, 6) is -1.50. The molecule has 3 N–H and O–H groups in total. The molecule has 8 heteroatoms. The maximum absolute atomic E-state index is 14.7. The van der Waals surface area contributed by atoms with E-state index in [4.69, 9.17) is 5.11 Å². The number of nitrogens with one attached hydrogen (secondary N) is 2. The van der Waals surface area contributed by atoms with Gasteiger partial charge in [0.05, 0.1) is 11.2 Å². The molecule has 0 saturated heterocycles. The Hall–Kier alpha value is -2.90. The summed E-state index contributed by atoms with van der Waals surface area (Å²) < 4.78 is 16.4. The van der Waals surface area contributed by atoms with Gasteiger partial charge >= 0.3 is 5.97 Å². The first-order valence-electron chi connectivity index (χ1n) is 10.3. The van der Waals surface area contributed by atoms with E-state index in [9.17, 15) is 18.8 Å². The Kier molecular flexibility index (Phi) is 6.43. The zero-order chi connectivity index (χ0) is 22.0. The molecule has 0 unspecified atom stereocenters. The van der Waals surface area contributed by atoms with Crippen LogP contribution in [0.15, 0.2) is 23.1 Å². The summed E-state index contributed by atoms with van der Waals surface area (Å²) in [6, 6.07) is 2.34. The lowest BCUT2D eigenvalue weighted by Crippen LogP contribution is -2.36. The van der Waals surface area contributed by atoms with Gasteiger partial charge in [-0.2, -0.15) is 0 Å². The van der Waals surface area contributed by atoms with Crippen LogP contribution in [0.2, 0.25) is 0 Å². The van der Waals surface area contributed by atoms with Crippen LogP contribution in [0.25, 0.3) is 10.9 Å². The molecule has 1 heterocycles. The topological polar surface area (TPSA) is 100 Å². The lowest BCUT2D eigenvalue weighted by molar-refractivity contribution is -0.137. The van der Waals surface area contributed by atoms with Gasteiger partial charge in [0.2, 0.25) is 5.43 Å². The number of anilines is 1. The molecule has 1 aliphatic carbocycles. The molecule has 1 saturated carbocycles. The van der Waals surface area contributed by atoms with E-state index in [-0.39, 0.29) is 29.8 Å². The van der Waals surface area contributed by atoms with Crippen LogP contribution in [0.1, 0.15) is 62.9 Å². The summed E-state index contributed by atoms with van der Waals surface area (Å²) in [7, 11) is 0. The number of rotatable bonds is 9. The Morgan fingerprint density at radius 3 is 2.57 bits per heavy atom. The minimum Gasteiger partial charge on any atom is -0.481 e. The zero-order valence-corrected chi connectivity index (χ0v) is 17.5. The summed E-state index contributed by atoms with van der Waals surface area (Å²) in [5.41, 5.74) is 0.279. The monoisotopic (exact) mass is 417 g/mol. The average Bonchev–Trinajstić information content (AvgIpc) is 3.49. The van der Waals surface area contributed by atoms with Crippen LogP contribution in [0, 0.1) is 11.7 Å². The summed E-state index contributed by atoms with van der Waals surface area (Å²) in [4.78, 5) is 36.4. The van der Waals surface area contributed by atoms with Crippen molar-refractivity contribution in [3.63, 3.8) is 0 Å². The second-order valence-electron chi connectivity index (χ2n) is 8.35. The number of hydrogen-bond donors (Lipinski definition) is 3. The first-order valence-corrected chi connectivity index (χ1v) is 10.3. The summed E-state index contributed by atoms with van der Waals surface area (Å²) >= 11 is 0. The SMILES string of the molecule is CC(C)n1cc(C(=O)N[C@H](C)CCC(=O)O)c(=O)c2cc(F)c(NCC3CC3)cc21. The maximum Gasteiger partial charge on any atom is 0.303 e. The Labute approximate surface area is 174 Å². The second kappa shape index (κ2) is 8.85. The highest BCUT2D eigenvalue weighted by Gasteiger charge is 2.23. The number of benzene rings is 1. The number of carboxylic acids is 1. The van der Waals surface area contributed by atoms with Gasteiger partial charge in [0.1, 0.15) is 11.4 Å². The summed E-state index contributed by atoms with van der Waals surface area (Å²) in [5, 5.41) is 14.7. The van der Waals surface area contributed by atoms with E-state index in [1.165, 1.54) is 12.3 Å². The number of carbonyl (C=O) groups is 2. The van der Waals surface area contributed by atoms with Crippen molar-refractivity contribution >= 4 is 28.5 Å². The quantitative estimate of drug-likeness (QED) is 0.580. The van der Waals surface area contributed by atoms with E-state index in [2.05, 4.69) is 10.6 Å². The number of halogens is 1. The van der Waals surface area contributed by atoms with E-state index in [1.54, 1.807) is 17.6 Å². The van der Waals surface area contributed by atoms with Crippen molar-refractivity contribution in [1.82, 2.24) is 9.88 Å². The Morgan fingerprint density at radius 2 is 1.97 bits per heavy atom. The second-order valence-corrected chi connectivity index (χ2v) is 8.35. The van der Waals surface area contributed by atoms with E-state index in [0.717, 1.165) is 12.8 Å². The molecule has 0 bridgehead atoms. The molecule has 0 aliphatic heterocycles. The van der Waals surface area contributed by atoms with Gasteiger partial charge in [0, 0.05) is 36.6 Å². The van der Waals surface area contributed by atoms with Gasteiger partial charge in [-0.25, -0.2) is 4.39 Å². The molecule has 1 atom stereocenters. The van der Waals surface area contributed by atoms with Gasteiger partial charge in [-0.15, -0.1) is 0 Å². The first kappa shape index (κ1) is 21.8. The Balaban J connectivity index is 1.96. The molecule has 1 aliphatic rings. The van der Waals surface area contributed by atoms with Gasteiger partial charge in [-0.1, -0.05) is 0 Å². The number of amides is 1. The van der Waals surface area contributed by atoms with Gasteiger partial charge < -0.3 is 20.3 Å². The highest BCUT2D eigenvalue weighted by molar-refractivity contribution is 5.98. The fourth-order valence-corrected chi connectivity index (χ4v) is 3.38. The van der Waals surface area contributed by atoms with Crippen molar-refractivity contribution in [1.29, 1.82) is 0 Å². The predicted octanol–water partition coefficient (Wildman–Crippen LogP) is 3.53. The van der Waals surface area contributed by atoms with Gasteiger partial charge in [-0.05, 0) is 58.1 Å². The van der Waals surface area contributed by atoms with E-state index in [1.807, 2.05) is 13.8 Å². The fraction of sp³-hybridized carbons (Fsp3) is 0.500. The van der Waals surface area contributed by atoms with Crippen LogP contribution in [-0.2, 0) is 4.79 Å². The molecule has 0 radical (unpaired) electrons. The Morgan fingerprint density at radius 1 is 1.27 bits per heavy atom. The molecule has 7 nitrogen and oxygen atoms in total. The molecular formula is C22H28FN3O4. The standard InChI is InChI=1S/C22H28FN3O4/c1-12(2)26-11-16(22(30)25-13(3)4-7-20(27)28)21(29)15-8-17(23)18(9-19(15)26)24-10-14-5-6-14/h8-9,11-14,24H,4-7,10H2,1-3H3,(H,25,30)(H,27,28)/t13-/m1/s1. The average molecular weight is 417 g/mol. The highest BCUT2D eigenvalue weighted by atomic mass is 19.1. The molecule has 1 aromatic heterocycles. The van der Waals surface area contributed by atoms with Crippen LogP contribution < -0.4 is 16.1 Å². The van der Waals surface area contributed by atoms with Crippen molar-refractivity contribution in [3.05, 3.63) is 39.9 Å². The maximum atomic E-state index is 14.7. The zero-order valence-electron chi connectivity index (χ0n) is 17.5. The molecule has 3 rings (SSSR count). The third-order valence-electron chi connectivity index (χ3n) is 5.37. The molecule has 30 heavy (non-hydrogen) atoms. The number of hydrogen-bond acceptors (Lipinski definition) is 4. The predicted molar refractivity (Wildman–Crippen MR) is 114 cm³/mol. The molecule has 0 spiro atoms. The third kappa shape index (κ3) is 4.98. The molecule has 1 fully saturated rings. The van der Waals surface area contributed by atoms with Crippen molar-refractivity contribution < 1.29 is 19.1 Å². The highest BCUT2D eigenvalue weighted by Crippen LogP contribution is 2.30. The van der Waals surface area contributed by atoms with Crippen molar-refractivity contribution in [2.45, 2.75) is 58.5 Å². The lowest BCUT2D eigenvalue weighted by atomic mass is 10.1. The normalized spacial score (nSPS) is 14.7. The molecule has 1 amide bonds. The smallest absolute Gasteiger partial charge is 0.303 e. The van der Waals surface area contributed by atoms with E-state index in [0.29, 0.717) is 23.7 Å². The minimum atomic E-state index is -0.953. The summed E-state index contributed by atoms with van der Waals surface area (Å²) in [6.45, 7) is 6.22. The van der Waals surface area contributed by atoms with Crippen LogP contribution in [0.5, 0.6) is 0 Å². The van der Waals surface area contributed by atoms with Gasteiger partial charge in [0.15, 0.2) is 0 Å². The molecule has 2 aromatic rings. The van der Waals surface area contributed by atoms with E-state index < -0.39 is 29.2 Å². The number of nitrogens with zero attached hydrogens (tertiary/aromatic N) is 1. The Bertz CT molecular complexity index is 1030. The van der Waals surface area contributed by atoms with Gasteiger partial charge in [-0.3, -0.25) is 14.4 Å². The lowest BCUT2D eigenvalue weighted by Gasteiger charge is -2.19. The summed E-state index contributed by atoms with van der Waals surface area (Å²) in [6.07, 6.45) is 3.94. The van der Waals surface area contributed by atoms with Crippen LogP contribution in [0.4, 0.5) is 10.1 Å². The molecular weight excluding hydrogens is 389 g/mol. The van der Waals surface area contributed by atoms with Crippen LogP contribution >= 0.6 is 0 Å². The number of pyridine rings is 1. The van der Waals surface area contributed by atoms with Crippen molar-refractivity contribution in [2.75, 3.05) is 11.9 Å². The molecule has 1 aromatic carbocycles. The minimum absolute atomic E-state index is 0.0640. The molecule has 162 valence electrons. The van der Waals surface area contributed by atoms with Crippen molar-refractivity contribution in [3.8, 4) is 0 Å². The number of carboxylic acid groups (broad SMARTS) is 1.